The Balaban J connectivity index is 1.64. The molecule has 0 radical (unpaired) electrons. The Hall–Kier alpha value is -2.08. The molecular weight excluding hydrogens is 619 g/mol. The zero-order chi connectivity index (χ0) is 35.0. The molecule has 0 saturated carbocycles. The molecule has 1 heterocycles. The summed E-state index contributed by atoms with van der Waals surface area (Å²) in [5.41, 5.74) is 1.16. The lowest BCUT2D eigenvalue weighted by molar-refractivity contribution is -0.173. The summed E-state index contributed by atoms with van der Waals surface area (Å²) in [6.45, 7) is 25.4. The van der Waals surface area contributed by atoms with E-state index in [9.17, 15) is 4.79 Å². The van der Waals surface area contributed by atoms with Crippen LogP contribution in [0.4, 0.5) is 0 Å². The second-order valence-corrected chi connectivity index (χ2v) is 25.1. The van der Waals surface area contributed by atoms with E-state index >= 15 is 0 Å². The Morgan fingerprint density at radius 3 is 2.00 bits per heavy atom. The van der Waals surface area contributed by atoms with Gasteiger partial charge in [-0.15, -0.1) is 0 Å². The van der Waals surface area contributed by atoms with Gasteiger partial charge in [0.15, 0.2) is 8.32 Å². The van der Waals surface area contributed by atoms with E-state index in [-0.39, 0.29) is 40.2 Å². The van der Waals surface area contributed by atoms with Crippen LogP contribution >= 0.6 is 0 Å². The third-order valence-corrected chi connectivity index (χ3v) is 19.9. The standard InChI is InChI=1S/C39H63NO5Si2/c1-30-28-32(20-19-27-43-47(39(6,7)8,34-21-15-13-16-22-34)35-23-17-14-18-24-35)44-36(30)26-25-33(45-46(11,12)38(3,4)5)29-31(2)37(41)40(9)42-10/h13-18,21-24,31-33,36H,1,19-20,25-29H2,2-12H3/t31?,32-,33+,36?/m0/s1. The fourth-order valence-corrected chi connectivity index (χ4v) is 12.6. The molecule has 6 nitrogen and oxygen atoms in total. The molecule has 2 unspecified atom stereocenters. The minimum absolute atomic E-state index is 0.00997. The maximum Gasteiger partial charge on any atom is 0.261 e. The van der Waals surface area contributed by atoms with Crippen molar-refractivity contribution in [1.29, 1.82) is 0 Å². The summed E-state index contributed by atoms with van der Waals surface area (Å²) in [6, 6.07) is 21.7. The summed E-state index contributed by atoms with van der Waals surface area (Å²) < 4.78 is 20.6. The lowest BCUT2D eigenvalue weighted by atomic mass is 9.96. The maximum atomic E-state index is 12.8. The van der Waals surface area contributed by atoms with Crippen molar-refractivity contribution >= 4 is 32.9 Å². The molecule has 262 valence electrons. The topological polar surface area (TPSA) is 57.2 Å². The summed E-state index contributed by atoms with van der Waals surface area (Å²) in [6.07, 6.45) is 5.19. The Kier molecular flexibility index (Phi) is 13.9. The molecule has 1 aliphatic heterocycles. The van der Waals surface area contributed by atoms with Gasteiger partial charge in [0.05, 0.1) is 19.3 Å². The van der Waals surface area contributed by atoms with E-state index in [4.69, 9.17) is 18.4 Å². The highest BCUT2D eigenvalue weighted by atomic mass is 28.4. The molecule has 1 fully saturated rings. The Morgan fingerprint density at radius 2 is 1.51 bits per heavy atom. The molecule has 4 atom stereocenters. The van der Waals surface area contributed by atoms with E-state index in [0.29, 0.717) is 13.0 Å². The molecule has 8 heteroatoms. The largest absolute Gasteiger partial charge is 0.414 e. The SMILES string of the molecule is C=C1C[C@H](CCCO[Si](c2ccccc2)(c2ccccc2)C(C)(C)C)OC1CC[C@H](CC(C)C(=O)N(C)OC)O[Si](C)(C)C(C)(C)C. The lowest BCUT2D eigenvalue weighted by Crippen LogP contribution is -2.66. The van der Waals surface area contributed by atoms with Crippen LogP contribution in [0, 0.1) is 5.92 Å². The lowest BCUT2D eigenvalue weighted by Gasteiger charge is -2.43. The fourth-order valence-electron chi connectivity index (χ4n) is 6.59. The van der Waals surface area contributed by atoms with E-state index < -0.39 is 16.6 Å². The number of hydrogen-bond acceptors (Lipinski definition) is 5. The van der Waals surface area contributed by atoms with E-state index in [1.165, 1.54) is 22.5 Å². The summed E-state index contributed by atoms with van der Waals surface area (Å²) in [5, 5.41) is 3.98. The quantitative estimate of drug-likeness (QED) is 0.0773. The monoisotopic (exact) mass is 681 g/mol. The van der Waals surface area contributed by atoms with Gasteiger partial charge in [-0.3, -0.25) is 9.63 Å². The van der Waals surface area contributed by atoms with E-state index in [2.05, 4.69) is 122 Å². The molecule has 0 aliphatic carbocycles. The second-order valence-electron chi connectivity index (χ2n) is 16.0. The van der Waals surface area contributed by atoms with Gasteiger partial charge in [-0.2, -0.15) is 0 Å². The van der Waals surface area contributed by atoms with Crippen molar-refractivity contribution in [2.75, 3.05) is 20.8 Å². The number of ether oxygens (including phenoxy) is 1. The number of hydroxylamine groups is 2. The second kappa shape index (κ2) is 16.6. The van der Waals surface area contributed by atoms with Gasteiger partial charge in [0.1, 0.15) is 0 Å². The highest BCUT2D eigenvalue weighted by Crippen LogP contribution is 2.40. The van der Waals surface area contributed by atoms with Crippen LogP contribution in [0.2, 0.25) is 23.2 Å². The third-order valence-electron chi connectivity index (χ3n) is 10.3. The number of amides is 1. The van der Waals surface area contributed by atoms with E-state index in [1.807, 2.05) is 6.92 Å². The van der Waals surface area contributed by atoms with Crippen molar-refractivity contribution in [3.8, 4) is 0 Å². The van der Waals surface area contributed by atoms with Crippen LogP contribution in [0.3, 0.4) is 0 Å². The molecule has 1 saturated heterocycles. The average molecular weight is 682 g/mol. The zero-order valence-electron chi connectivity index (χ0n) is 31.2. The smallest absolute Gasteiger partial charge is 0.261 e. The summed E-state index contributed by atoms with van der Waals surface area (Å²) >= 11 is 0. The van der Waals surface area contributed by atoms with Crippen molar-refractivity contribution in [3.63, 3.8) is 0 Å². The summed E-state index contributed by atoms with van der Waals surface area (Å²) in [7, 11) is -1.40. The van der Waals surface area contributed by atoms with Crippen LogP contribution in [0.15, 0.2) is 72.8 Å². The molecule has 3 rings (SSSR count). The highest BCUT2D eigenvalue weighted by molar-refractivity contribution is 6.99. The molecule has 1 amide bonds. The number of hydrogen-bond donors (Lipinski definition) is 0. The van der Waals surface area contributed by atoms with Crippen LogP contribution < -0.4 is 10.4 Å². The molecule has 1 aliphatic rings. The van der Waals surface area contributed by atoms with Crippen LogP contribution in [0.5, 0.6) is 0 Å². The first-order valence-corrected chi connectivity index (χ1v) is 22.3. The van der Waals surface area contributed by atoms with Gasteiger partial charge in [0, 0.05) is 25.7 Å². The Morgan fingerprint density at radius 1 is 0.957 bits per heavy atom. The molecule has 2 aromatic carbocycles. The van der Waals surface area contributed by atoms with Gasteiger partial charge >= 0.3 is 0 Å². The van der Waals surface area contributed by atoms with Gasteiger partial charge < -0.3 is 13.6 Å². The predicted octanol–water partition coefficient (Wildman–Crippen LogP) is 8.27. The summed E-state index contributed by atoms with van der Waals surface area (Å²) in [4.78, 5) is 18.0. The molecular formula is C39H63NO5Si2. The molecule has 47 heavy (non-hydrogen) atoms. The van der Waals surface area contributed by atoms with Crippen LogP contribution in [0.1, 0.15) is 87.0 Å². The fraction of sp³-hybridized carbons (Fsp3) is 0.615. The minimum Gasteiger partial charge on any atom is -0.414 e. The number of benzene rings is 2. The predicted molar refractivity (Wildman–Crippen MR) is 200 cm³/mol. The van der Waals surface area contributed by atoms with Crippen molar-refractivity contribution < 1.29 is 23.2 Å². The van der Waals surface area contributed by atoms with Crippen molar-refractivity contribution in [2.45, 2.75) is 128 Å². The van der Waals surface area contributed by atoms with Crippen LogP contribution in [-0.4, -0.2) is 66.7 Å². The molecule has 0 bridgehead atoms. The van der Waals surface area contributed by atoms with Crippen molar-refractivity contribution in [1.82, 2.24) is 5.06 Å². The number of rotatable bonds is 16. The van der Waals surface area contributed by atoms with Crippen molar-refractivity contribution in [2.24, 2.45) is 5.92 Å². The Bertz CT molecular complexity index is 1230. The van der Waals surface area contributed by atoms with Gasteiger partial charge in [-0.25, -0.2) is 5.06 Å². The molecule has 0 aromatic heterocycles. The van der Waals surface area contributed by atoms with Gasteiger partial charge in [0.2, 0.25) is 5.91 Å². The molecule has 2 aromatic rings. The number of carbonyl (C=O) groups excluding carboxylic acids is 1. The third kappa shape index (κ3) is 9.99. The van der Waals surface area contributed by atoms with Gasteiger partial charge in [0.25, 0.3) is 8.32 Å². The normalized spacial score (nSPS) is 19.1. The highest BCUT2D eigenvalue weighted by Gasteiger charge is 2.50. The van der Waals surface area contributed by atoms with Gasteiger partial charge in [-0.05, 0) is 77.6 Å². The van der Waals surface area contributed by atoms with Crippen molar-refractivity contribution in [3.05, 3.63) is 72.8 Å². The molecule has 0 N–H and O–H groups in total. The number of carbonyl (C=O) groups is 1. The van der Waals surface area contributed by atoms with Crippen LogP contribution in [-0.2, 0) is 23.2 Å². The van der Waals surface area contributed by atoms with E-state index in [0.717, 1.165) is 37.7 Å². The van der Waals surface area contributed by atoms with Crippen LogP contribution in [0.25, 0.3) is 0 Å². The first-order chi connectivity index (χ1) is 21.9. The maximum absolute atomic E-state index is 12.8. The Labute approximate surface area is 288 Å². The molecule has 0 spiro atoms. The van der Waals surface area contributed by atoms with E-state index in [1.54, 1.807) is 7.05 Å². The average Bonchev–Trinajstić information content (AvgIpc) is 3.37. The zero-order valence-corrected chi connectivity index (χ0v) is 33.2. The number of nitrogens with zero attached hydrogens (tertiary/aromatic N) is 1. The first-order valence-electron chi connectivity index (χ1n) is 17.5. The minimum atomic E-state index is -2.55. The van der Waals surface area contributed by atoms with Gasteiger partial charge in [-0.1, -0.05) is 116 Å². The summed E-state index contributed by atoms with van der Waals surface area (Å²) in [5.74, 6) is -0.232. The first kappa shape index (κ1) is 39.4.